The number of hydrogen-bond acceptors (Lipinski definition) is 1. The molecule has 0 aliphatic carbocycles. The molecule has 2 amide bonds. The summed E-state index contributed by atoms with van der Waals surface area (Å²) >= 11 is 0. The van der Waals surface area contributed by atoms with Gasteiger partial charge in [-0.3, -0.25) is 0 Å². The maximum atomic E-state index is 12.3. The summed E-state index contributed by atoms with van der Waals surface area (Å²) in [6, 6.07) is 4.52. The predicted octanol–water partition coefficient (Wildman–Crippen LogP) is 2.87. The molecule has 18 heavy (non-hydrogen) atoms. The van der Waals surface area contributed by atoms with Crippen molar-refractivity contribution in [1.29, 1.82) is 0 Å². The highest BCUT2D eigenvalue weighted by atomic mass is 19.4. The number of halogens is 3. The molecule has 0 aromatic heterocycles. The second-order valence-electron chi connectivity index (χ2n) is 3.89. The summed E-state index contributed by atoms with van der Waals surface area (Å²) < 4.78 is 37.0. The van der Waals surface area contributed by atoms with Gasteiger partial charge in [0.05, 0.1) is 5.56 Å². The summed E-state index contributed by atoms with van der Waals surface area (Å²) in [6.07, 6.45) is -4.33. The smallest absolute Gasteiger partial charge is 0.338 e. The van der Waals surface area contributed by atoms with Crippen LogP contribution in [0.25, 0.3) is 0 Å². The SMILES string of the molecule is CCNC(=O)N(C)Cc1ccc(C(F)(F)F)cc1. The van der Waals surface area contributed by atoms with Gasteiger partial charge in [-0.2, -0.15) is 13.2 Å². The first-order valence-corrected chi connectivity index (χ1v) is 5.49. The average molecular weight is 260 g/mol. The molecule has 0 spiro atoms. The van der Waals surface area contributed by atoms with E-state index in [0.717, 1.165) is 12.1 Å². The van der Waals surface area contributed by atoms with Gasteiger partial charge in [-0.05, 0) is 24.6 Å². The fraction of sp³-hybridized carbons (Fsp3) is 0.417. The summed E-state index contributed by atoms with van der Waals surface area (Å²) in [6.45, 7) is 2.57. The maximum absolute atomic E-state index is 12.3. The van der Waals surface area contributed by atoms with E-state index in [9.17, 15) is 18.0 Å². The number of carbonyl (C=O) groups is 1. The van der Waals surface area contributed by atoms with Gasteiger partial charge in [0.15, 0.2) is 0 Å². The lowest BCUT2D eigenvalue weighted by molar-refractivity contribution is -0.137. The van der Waals surface area contributed by atoms with Crippen LogP contribution in [-0.2, 0) is 12.7 Å². The molecule has 0 saturated carbocycles. The Morgan fingerprint density at radius 3 is 2.28 bits per heavy atom. The Morgan fingerprint density at radius 1 is 1.28 bits per heavy atom. The molecule has 0 atom stereocenters. The fourth-order valence-corrected chi connectivity index (χ4v) is 1.43. The summed E-state index contributed by atoms with van der Waals surface area (Å²) in [4.78, 5) is 12.8. The number of hydrogen-bond donors (Lipinski definition) is 1. The highest BCUT2D eigenvalue weighted by Gasteiger charge is 2.29. The molecule has 0 aliphatic heterocycles. The average Bonchev–Trinajstić information content (AvgIpc) is 2.28. The summed E-state index contributed by atoms with van der Waals surface area (Å²) in [5.74, 6) is 0. The molecule has 100 valence electrons. The van der Waals surface area contributed by atoms with Crippen molar-refractivity contribution in [2.45, 2.75) is 19.6 Å². The van der Waals surface area contributed by atoms with Crippen molar-refractivity contribution in [3.05, 3.63) is 35.4 Å². The van der Waals surface area contributed by atoms with Crippen LogP contribution in [0.4, 0.5) is 18.0 Å². The minimum absolute atomic E-state index is 0.252. The number of urea groups is 1. The summed E-state index contributed by atoms with van der Waals surface area (Å²) in [5, 5.41) is 2.61. The predicted molar refractivity (Wildman–Crippen MR) is 62.0 cm³/mol. The quantitative estimate of drug-likeness (QED) is 0.890. The molecule has 0 fully saturated rings. The molecule has 1 N–H and O–H groups in total. The van der Waals surface area contributed by atoms with Gasteiger partial charge in [0.2, 0.25) is 0 Å². The second kappa shape index (κ2) is 5.75. The van der Waals surface area contributed by atoms with Crippen LogP contribution in [0.5, 0.6) is 0 Å². The molecule has 0 bridgehead atoms. The van der Waals surface area contributed by atoms with Gasteiger partial charge < -0.3 is 10.2 Å². The van der Waals surface area contributed by atoms with Crippen LogP contribution in [0.15, 0.2) is 24.3 Å². The van der Waals surface area contributed by atoms with Gasteiger partial charge in [-0.1, -0.05) is 12.1 Å². The molecule has 0 aliphatic rings. The Kier molecular flexibility index (Phi) is 4.58. The standard InChI is InChI=1S/C12H15F3N2O/c1-3-16-11(18)17(2)8-9-4-6-10(7-5-9)12(13,14)15/h4-7H,3,8H2,1-2H3,(H,16,18). The van der Waals surface area contributed by atoms with Gasteiger partial charge in [0, 0.05) is 20.1 Å². The lowest BCUT2D eigenvalue weighted by Crippen LogP contribution is -2.36. The van der Waals surface area contributed by atoms with Gasteiger partial charge in [0.1, 0.15) is 0 Å². The number of benzene rings is 1. The minimum atomic E-state index is -4.33. The molecular formula is C12H15F3N2O. The number of nitrogens with zero attached hydrogens (tertiary/aromatic N) is 1. The molecule has 6 heteroatoms. The summed E-state index contributed by atoms with van der Waals surface area (Å²) in [7, 11) is 1.59. The van der Waals surface area contributed by atoms with Crippen molar-refractivity contribution < 1.29 is 18.0 Å². The van der Waals surface area contributed by atoms with E-state index in [1.807, 2.05) is 0 Å². The van der Waals surface area contributed by atoms with Gasteiger partial charge >= 0.3 is 12.2 Å². The van der Waals surface area contributed by atoms with Crippen molar-refractivity contribution in [3.8, 4) is 0 Å². The Morgan fingerprint density at radius 2 is 1.83 bits per heavy atom. The van der Waals surface area contributed by atoms with Crippen LogP contribution in [0.2, 0.25) is 0 Å². The maximum Gasteiger partial charge on any atom is 0.416 e. The normalized spacial score (nSPS) is 11.2. The van der Waals surface area contributed by atoms with E-state index < -0.39 is 11.7 Å². The lowest BCUT2D eigenvalue weighted by atomic mass is 10.1. The first-order chi connectivity index (χ1) is 8.34. The van der Waals surface area contributed by atoms with Crippen LogP contribution < -0.4 is 5.32 Å². The monoisotopic (exact) mass is 260 g/mol. The Bertz CT molecular complexity index is 401. The highest BCUT2D eigenvalue weighted by molar-refractivity contribution is 5.73. The number of nitrogens with one attached hydrogen (secondary N) is 1. The third kappa shape index (κ3) is 3.94. The zero-order chi connectivity index (χ0) is 13.8. The van der Waals surface area contributed by atoms with Crippen molar-refractivity contribution in [1.82, 2.24) is 10.2 Å². The number of carbonyl (C=O) groups excluding carboxylic acids is 1. The molecule has 1 rings (SSSR count). The van der Waals surface area contributed by atoms with E-state index in [1.165, 1.54) is 17.0 Å². The van der Waals surface area contributed by atoms with E-state index in [0.29, 0.717) is 12.1 Å². The summed E-state index contributed by atoms with van der Waals surface area (Å²) in [5.41, 5.74) is -0.0383. The first-order valence-electron chi connectivity index (χ1n) is 5.49. The highest BCUT2D eigenvalue weighted by Crippen LogP contribution is 2.29. The Balaban J connectivity index is 2.67. The van der Waals surface area contributed by atoms with Crippen molar-refractivity contribution in [3.63, 3.8) is 0 Å². The molecule has 3 nitrogen and oxygen atoms in total. The molecule has 0 radical (unpaired) electrons. The molecular weight excluding hydrogens is 245 g/mol. The van der Waals surface area contributed by atoms with Gasteiger partial charge in [-0.15, -0.1) is 0 Å². The van der Waals surface area contributed by atoms with E-state index in [4.69, 9.17) is 0 Å². The largest absolute Gasteiger partial charge is 0.416 e. The third-order valence-corrected chi connectivity index (χ3v) is 2.38. The van der Waals surface area contributed by atoms with Crippen molar-refractivity contribution >= 4 is 6.03 Å². The second-order valence-corrected chi connectivity index (χ2v) is 3.89. The van der Waals surface area contributed by atoms with Crippen LogP contribution in [0.1, 0.15) is 18.1 Å². The molecule has 0 unspecified atom stereocenters. The number of alkyl halides is 3. The Labute approximate surface area is 104 Å². The third-order valence-electron chi connectivity index (χ3n) is 2.38. The zero-order valence-corrected chi connectivity index (χ0v) is 10.2. The molecule has 1 aromatic carbocycles. The fourth-order valence-electron chi connectivity index (χ4n) is 1.43. The van der Waals surface area contributed by atoms with Crippen LogP contribution in [0, 0.1) is 0 Å². The van der Waals surface area contributed by atoms with E-state index >= 15 is 0 Å². The Hall–Kier alpha value is -1.72. The lowest BCUT2D eigenvalue weighted by Gasteiger charge is -2.17. The van der Waals surface area contributed by atoms with Gasteiger partial charge in [-0.25, -0.2) is 4.79 Å². The van der Waals surface area contributed by atoms with E-state index in [2.05, 4.69) is 5.32 Å². The number of rotatable bonds is 3. The van der Waals surface area contributed by atoms with Crippen LogP contribution in [-0.4, -0.2) is 24.5 Å². The van der Waals surface area contributed by atoms with Gasteiger partial charge in [0.25, 0.3) is 0 Å². The van der Waals surface area contributed by atoms with E-state index in [-0.39, 0.29) is 12.6 Å². The molecule has 1 aromatic rings. The van der Waals surface area contributed by atoms with Crippen LogP contribution >= 0.6 is 0 Å². The van der Waals surface area contributed by atoms with Crippen molar-refractivity contribution in [2.75, 3.05) is 13.6 Å². The van der Waals surface area contributed by atoms with E-state index in [1.54, 1.807) is 14.0 Å². The number of amides is 2. The topological polar surface area (TPSA) is 32.3 Å². The minimum Gasteiger partial charge on any atom is -0.338 e. The van der Waals surface area contributed by atoms with Crippen molar-refractivity contribution in [2.24, 2.45) is 0 Å². The first kappa shape index (κ1) is 14.3. The van der Waals surface area contributed by atoms with Crippen LogP contribution in [0.3, 0.4) is 0 Å². The molecule has 0 saturated heterocycles. The molecule has 0 heterocycles. The zero-order valence-electron chi connectivity index (χ0n) is 10.2.